The maximum absolute atomic E-state index is 13.9. The summed E-state index contributed by atoms with van der Waals surface area (Å²) in [5.41, 5.74) is 0.103. The lowest BCUT2D eigenvalue weighted by molar-refractivity contribution is -0.141. The molecule has 1 aliphatic rings. The van der Waals surface area contributed by atoms with Crippen molar-refractivity contribution < 1.29 is 23.1 Å². The van der Waals surface area contributed by atoms with Crippen molar-refractivity contribution in [2.75, 3.05) is 0 Å². The zero-order valence-corrected chi connectivity index (χ0v) is 12.8. The topological polar surface area (TPSA) is 50.2 Å². The van der Waals surface area contributed by atoms with Crippen LogP contribution in [0.2, 0.25) is 0 Å². The Morgan fingerprint density at radius 2 is 2.00 bits per heavy atom. The van der Waals surface area contributed by atoms with Crippen molar-refractivity contribution in [3.05, 3.63) is 70.8 Å². The van der Waals surface area contributed by atoms with Crippen LogP contribution in [0.4, 0.5) is 13.2 Å². The minimum absolute atomic E-state index is 0.209. The molecule has 0 saturated carbocycles. The Bertz CT molecular complexity index is 863. The Balaban J connectivity index is 2.13. The molecule has 0 saturated heterocycles. The van der Waals surface area contributed by atoms with Crippen molar-refractivity contribution in [1.82, 2.24) is 4.98 Å². The minimum atomic E-state index is -1.40. The molecule has 0 bridgehead atoms. The molecule has 124 valence electrons. The van der Waals surface area contributed by atoms with Gasteiger partial charge >= 0.3 is 5.97 Å². The largest absolute Gasteiger partial charge is 0.480 e. The summed E-state index contributed by atoms with van der Waals surface area (Å²) in [7, 11) is 0. The van der Waals surface area contributed by atoms with Gasteiger partial charge in [-0.15, -0.1) is 0 Å². The number of carboxylic acid groups (broad SMARTS) is 1. The van der Waals surface area contributed by atoms with Crippen molar-refractivity contribution in [2.45, 2.75) is 25.2 Å². The minimum Gasteiger partial charge on any atom is -0.480 e. The van der Waals surface area contributed by atoms with E-state index < -0.39 is 29.0 Å². The van der Waals surface area contributed by atoms with Crippen LogP contribution in [0.3, 0.4) is 0 Å². The van der Waals surface area contributed by atoms with Gasteiger partial charge in [-0.3, -0.25) is 4.79 Å². The van der Waals surface area contributed by atoms with Gasteiger partial charge in [-0.25, -0.2) is 13.8 Å². The summed E-state index contributed by atoms with van der Waals surface area (Å²) in [6.07, 6.45) is 3.21. The molecule has 1 heterocycles. The van der Waals surface area contributed by atoms with E-state index in [9.17, 15) is 23.1 Å². The van der Waals surface area contributed by atoms with E-state index in [0.29, 0.717) is 23.1 Å². The number of benzene rings is 1. The fourth-order valence-electron chi connectivity index (χ4n) is 3.19. The van der Waals surface area contributed by atoms with E-state index in [4.69, 9.17) is 0 Å². The average Bonchev–Trinajstić information content (AvgIpc) is 2.99. The zero-order chi connectivity index (χ0) is 17.5. The molecule has 1 aliphatic carbocycles. The number of nitrogens with zero attached hydrogens (tertiary/aromatic N) is 1. The van der Waals surface area contributed by atoms with Gasteiger partial charge < -0.3 is 5.11 Å². The predicted molar refractivity (Wildman–Crippen MR) is 81.8 cm³/mol. The normalized spacial score (nSPS) is 20.1. The first kappa shape index (κ1) is 16.2. The Hall–Kier alpha value is -2.63. The van der Waals surface area contributed by atoms with Crippen LogP contribution in [0.15, 0.2) is 36.5 Å². The molecule has 1 unspecified atom stereocenters. The molecule has 6 heteroatoms. The van der Waals surface area contributed by atoms with E-state index in [1.165, 1.54) is 31.3 Å². The fourth-order valence-corrected chi connectivity index (χ4v) is 3.19. The third-order valence-corrected chi connectivity index (χ3v) is 4.51. The number of carbonyl (C=O) groups is 1. The molecule has 3 rings (SSSR count). The first-order valence-electron chi connectivity index (χ1n) is 7.37. The summed E-state index contributed by atoms with van der Waals surface area (Å²) < 4.78 is 40.2. The third-order valence-electron chi connectivity index (χ3n) is 4.51. The Morgan fingerprint density at radius 1 is 1.25 bits per heavy atom. The van der Waals surface area contributed by atoms with E-state index in [2.05, 4.69) is 4.98 Å². The molecule has 1 N–H and O–H groups in total. The van der Waals surface area contributed by atoms with Crippen molar-refractivity contribution in [3.8, 4) is 0 Å². The number of carboxylic acids is 1. The van der Waals surface area contributed by atoms with Crippen LogP contribution in [0.1, 0.15) is 29.5 Å². The average molecular weight is 333 g/mol. The highest BCUT2D eigenvalue weighted by molar-refractivity contribution is 5.90. The highest BCUT2D eigenvalue weighted by Gasteiger charge is 2.43. The summed E-state index contributed by atoms with van der Waals surface area (Å²) in [4.78, 5) is 15.3. The smallest absolute Gasteiger partial charge is 0.318 e. The molecule has 1 atom stereocenters. The summed E-state index contributed by atoms with van der Waals surface area (Å²) in [5.74, 6) is -3.89. The van der Waals surface area contributed by atoms with E-state index in [1.807, 2.05) is 0 Å². The standard InChI is InChI=1S/C18H14F3NO2/c1-10-13(3-2-4-14(10)19)18(17(23)24)6-5-11(8-18)12-7-15(20)16(21)22-9-12/h2-4,7-9H,5-6H2,1H3,(H,23,24). The SMILES string of the molecule is Cc1c(F)cccc1C1(C(=O)O)C=C(c2cnc(F)c(F)c2)CC1. The zero-order valence-electron chi connectivity index (χ0n) is 12.8. The second kappa shape index (κ2) is 5.78. The third kappa shape index (κ3) is 2.48. The van der Waals surface area contributed by atoms with Crippen LogP contribution < -0.4 is 0 Å². The fraction of sp³-hybridized carbons (Fsp3) is 0.222. The number of hydrogen-bond acceptors (Lipinski definition) is 2. The molecular formula is C18H14F3NO2. The Morgan fingerprint density at radius 3 is 2.67 bits per heavy atom. The monoisotopic (exact) mass is 333 g/mol. The molecule has 2 aromatic rings. The number of rotatable bonds is 3. The van der Waals surface area contributed by atoms with Gasteiger partial charge in [0.2, 0.25) is 5.95 Å². The first-order valence-corrected chi connectivity index (χ1v) is 7.37. The molecule has 0 radical (unpaired) electrons. The van der Waals surface area contributed by atoms with E-state index in [-0.39, 0.29) is 12.0 Å². The molecule has 0 fully saturated rings. The molecule has 0 aliphatic heterocycles. The predicted octanol–water partition coefficient (Wildman–Crippen LogP) is 4.01. The summed E-state index contributed by atoms with van der Waals surface area (Å²) >= 11 is 0. The molecule has 1 aromatic carbocycles. The molecule has 24 heavy (non-hydrogen) atoms. The van der Waals surface area contributed by atoms with Crippen molar-refractivity contribution in [3.63, 3.8) is 0 Å². The highest BCUT2D eigenvalue weighted by atomic mass is 19.2. The summed E-state index contributed by atoms with van der Waals surface area (Å²) in [6.45, 7) is 1.53. The van der Waals surface area contributed by atoms with Crippen LogP contribution >= 0.6 is 0 Å². The summed E-state index contributed by atoms with van der Waals surface area (Å²) in [6, 6.07) is 5.31. The van der Waals surface area contributed by atoms with Gasteiger partial charge in [0.15, 0.2) is 5.82 Å². The number of pyridine rings is 1. The van der Waals surface area contributed by atoms with Gasteiger partial charge in [-0.05, 0) is 54.2 Å². The van der Waals surface area contributed by atoms with Gasteiger partial charge in [-0.2, -0.15) is 4.39 Å². The highest BCUT2D eigenvalue weighted by Crippen LogP contribution is 2.44. The lowest BCUT2D eigenvalue weighted by Crippen LogP contribution is -2.32. The van der Waals surface area contributed by atoms with Gasteiger partial charge in [0.05, 0.1) is 0 Å². The molecular weight excluding hydrogens is 319 g/mol. The van der Waals surface area contributed by atoms with Gasteiger partial charge in [0, 0.05) is 6.20 Å². The molecule has 0 spiro atoms. The Labute approximate surface area is 136 Å². The maximum Gasteiger partial charge on any atom is 0.318 e. The quantitative estimate of drug-likeness (QED) is 0.864. The number of halogens is 3. The molecule has 3 nitrogen and oxygen atoms in total. The number of allylic oxidation sites excluding steroid dienone is 1. The maximum atomic E-state index is 13.9. The van der Waals surface area contributed by atoms with Crippen molar-refractivity contribution in [1.29, 1.82) is 0 Å². The Kier molecular flexibility index (Phi) is 3.91. The van der Waals surface area contributed by atoms with Crippen LogP contribution in [-0.4, -0.2) is 16.1 Å². The lowest BCUT2D eigenvalue weighted by Gasteiger charge is -2.24. The van der Waals surface area contributed by atoms with Crippen LogP contribution in [0, 0.1) is 24.5 Å². The number of aromatic nitrogens is 1. The van der Waals surface area contributed by atoms with Crippen molar-refractivity contribution in [2.24, 2.45) is 0 Å². The number of aliphatic carboxylic acids is 1. The van der Waals surface area contributed by atoms with E-state index in [1.54, 1.807) is 6.07 Å². The second-order valence-corrected chi connectivity index (χ2v) is 5.86. The van der Waals surface area contributed by atoms with Gasteiger partial charge in [0.25, 0.3) is 0 Å². The second-order valence-electron chi connectivity index (χ2n) is 5.86. The molecule has 0 amide bonds. The van der Waals surface area contributed by atoms with Gasteiger partial charge in [-0.1, -0.05) is 18.2 Å². The first-order chi connectivity index (χ1) is 11.3. The van der Waals surface area contributed by atoms with Gasteiger partial charge in [0.1, 0.15) is 11.2 Å². The summed E-state index contributed by atoms with van der Waals surface area (Å²) in [5, 5.41) is 9.78. The van der Waals surface area contributed by atoms with Crippen LogP contribution in [0.25, 0.3) is 5.57 Å². The van der Waals surface area contributed by atoms with Crippen LogP contribution in [-0.2, 0) is 10.2 Å². The van der Waals surface area contributed by atoms with E-state index in [0.717, 1.165) is 6.07 Å². The van der Waals surface area contributed by atoms with E-state index >= 15 is 0 Å². The molecule has 1 aromatic heterocycles. The lowest BCUT2D eigenvalue weighted by atomic mass is 9.78. The van der Waals surface area contributed by atoms with Crippen LogP contribution in [0.5, 0.6) is 0 Å². The van der Waals surface area contributed by atoms with Crippen molar-refractivity contribution >= 4 is 11.5 Å². The number of hydrogen-bond donors (Lipinski definition) is 1.